The van der Waals surface area contributed by atoms with Crippen LogP contribution in [0.1, 0.15) is 11.1 Å². The van der Waals surface area contributed by atoms with Crippen LogP contribution in [-0.2, 0) is 13.0 Å². The van der Waals surface area contributed by atoms with Crippen molar-refractivity contribution >= 4 is 5.69 Å². The lowest BCUT2D eigenvalue weighted by atomic mass is 10.1. The summed E-state index contributed by atoms with van der Waals surface area (Å²) in [7, 11) is 0. The molecule has 2 N–H and O–H groups in total. The van der Waals surface area contributed by atoms with Crippen LogP contribution < -0.4 is 10.5 Å². The molecule has 0 aromatic heterocycles. The van der Waals surface area contributed by atoms with E-state index in [0.29, 0.717) is 13.2 Å². The van der Waals surface area contributed by atoms with Crippen molar-refractivity contribution < 1.29 is 9.66 Å². The Balaban J connectivity index is 1.97. The van der Waals surface area contributed by atoms with Crippen molar-refractivity contribution in [3.63, 3.8) is 0 Å². The average molecular weight is 272 g/mol. The molecule has 0 aliphatic heterocycles. The number of nitro groups is 1. The molecule has 0 saturated carbocycles. The van der Waals surface area contributed by atoms with Crippen molar-refractivity contribution in [1.82, 2.24) is 0 Å². The third kappa shape index (κ3) is 3.80. The number of nitrogens with two attached hydrogens (primary N) is 1. The molecule has 104 valence electrons. The van der Waals surface area contributed by atoms with Crippen molar-refractivity contribution in [1.29, 1.82) is 0 Å². The Kier molecular flexibility index (Phi) is 4.68. The van der Waals surface area contributed by atoms with E-state index >= 15 is 0 Å². The molecule has 0 bridgehead atoms. The predicted octanol–water partition coefficient (Wildman–Crippen LogP) is 2.68. The molecule has 0 aliphatic rings. The van der Waals surface area contributed by atoms with Gasteiger partial charge in [0, 0.05) is 12.1 Å². The molecule has 0 aliphatic carbocycles. The number of ether oxygens (including phenoxy) is 1. The second-order valence-corrected chi connectivity index (χ2v) is 4.40. The van der Waals surface area contributed by atoms with Gasteiger partial charge in [0.05, 0.1) is 4.92 Å². The van der Waals surface area contributed by atoms with Gasteiger partial charge in [-0.15, -0.1) is 0 Å². The number of nitrogens with zero attached hydrogens (tertiary/aromatic N) is 1. The van der Waals surface area contributed by atoms with Crippen LogP contribution in [0.25, 0.3) is 0 Å². The SMILES string of the molecule is NCCc1ccc(OCc2cccc([N+](=O)[O-])c2)cc1. The van der Waals surface area contributed by atoms with Crippen LogP contribution in [0.5, 0.6) is 5.75 Å². The summed E-state index contributed by atoms with van der Waals surface area (Å²) in [5.41, 5.74) is 7.49. The van der Waals surface area contributed by atoms with E-state index in [2.05, 4.69) is 0 Å². The van der Waals surface area contributed by atoms with E-state index in [-0.39, 0.29) is 5.69 Å². The number of hydrogen-bond donors (Lipinski definition) is 1. The fraction of sp³-hybridized carbons (Fsp3) is 0.200. The molecule has 20 heavy (non-hydrogen) atoms. The van der Waals surface area contributed by atoms with Crippen molar-refractivity contribution in [2.75, 3.05) is 6.54 Å². The first-order valence-corrected chi connectivity index (χ1v) is 6.34. The second-order valence-electron chi connectivity index (χ2n) is 4.40. The molecule has 2 rings (SSSR count). The minimum Gasteiger partial charge on any atom is -0.489 e. The van der Waals surface area contributed by atoms with Crippen LogP contribution in [0.3, 0.4) is 0 Å². The second kappa shape index (κ2) is 6.68. The fourth-order valence-corrected chi connectivity index (χ4v) is 1.85. The van der Waals surface area contributed by atoms with Crippen molar-refractivity contribution in [3.05, 3.63) is 69.8 Å². The monoisotopic (exact) mass is 272 g/mol. The van der Waals surface area contributed by atoms with E-state index in [1.54, 1.807) is 12.1 Å². The molecule has 0 radical (unpaired) electrons. The minimum absolute atomic E-state index is 0.0735. The molecule has 2 aromatic rings. The Hall–Kier alpha value is -2.40. The van der Waals surface area contributed by atoms with Crippen LogP contribution in [0.4, 0.5) is 5.69 Å². The van der Waals surface area contributed by atoms with Crippen LogP contribution in [0.15, 0.2) is 48.5 Å². The van der Waals surface area contributed by atoms with E-state index in [1.807, 2.05) is 24.3 Å². The molecule has 0 atom stereocenters. The van der Waals surface area contributed by atoms with Gasteiger partial charge in [0.1, 0.15) is 12.4 Å². The maximum atomic E-state index is 10.7. The predicted molar refractivity (Wildman–Crippen MR) is 76.6 cm³/mol. The fourth-order valence-electron chi connectivity index (χ4n) is 1.85. The van der Waals surface area contributed by atoms with Crippen molar-refractivity contribution in [2.45, 2.75) is 13.0 Å². The Morgan fingerprint density at radius 3 is 2.50 bits per heavy atom. The summed E-state index contributed by atoms with van der Waals surface area (Å²) in [5.74, 6) is 0.734. The van der Waals surface area contributed by atoms with Gasteiger partial charge in [0.2, 0.25) is 0 Å². The average Bonchev–Trinajstić information content (AvgIpc) is 2.47. The van der Waals surface area contributed by atoms with Gasteiger partial charge in [-0.25, -0.2) is 0 Å². The zero-order valence-electron chi connectivity index (χ0n) is 11.0. The number of nitro benzene ring substituents is 1. The van der Waals surface area contributed by atoms with Crippen molar-refractivity contribution in [3.8, 4) is 5.75 Å². The van der Waals surface area contributed by atoms with E-state index in [1.165, 1.54) is 12.1 Å². The van der Waals surface area contributed by atoms with Gasteiger partial charge in [-0.3, -0.25) is 10.1 Å². The molecule has 0 spiro atoms. The quantitative estimate of drug-likeness (QED) is 0.647. The molecular formula is C15H16N2O3. The standard InChI is InChI=1S/C15H16N2O3/c16-9-8-12-4-6-15(7-5-12)20-11-13-2-1-3-14(10-13)17(18)19/h1-7,10H,8-9,11,16H2. The lowest BCUT2D eigenvalue weighted by molar-refractivity contribution is -0.384. The van der Waals surface area contributed by atoms with Gasteiger partial charge in [0.25, 0.3) is 5.69 Å². The summed E-state index contributed by atoms with van der Waals surface area (Å²) in [4.78, 5) is 10.3. The summed E-state index contributed by atoms with van der Waals surface area (Å²) < 4.78 is 5.61. The topological polar surface area (TPSA) is 78.4 Å². The zero-order valence-corrected chi connectivity index (χ0v) is 11.0. The molecule has 0 amide bonds. The van der Waals surface area contributed by atoms with Gasteiger partial charge in [-0.1, -0.05) is 24.3 Å². The van der Waals surface area contributed by atoms with Crippen molar-refractivity contribution in [2.24, 2.45) is 5.73 Å². The molecule has 0 heterocycles. The summed E-state index contributed by atoms with van der Waals surface area (Å²) in [6, 6.07) is 14.1. The molecule has 0 unspecified atom stereocenters. The minimum atomic E-state index is -0.412. The summed E-state index contributed by atoms with van der Waals surface area (Å²) >= 11 is 0. The summed E-state index contributed by atoms with van der Waals surface area (Å²) in [6.07, 6.45) is 0.838. The highest BCUT2D eigenvalue weighted by atomic mass is 16.6. The third-order valence-corrected chi connectivity index (χ3v) is 2.88. The van der Waals surface area contributed by atoms with Gasteiger partial charge >= 0.3 is 0 Å². The first-order chi connectivity index (χ1) is 9.69. The van der Waals surface area contributed by atoms with Gasteiger partial charge in [0.15, 0.2) is 0 Å². The maximum absolute atomic E-state index is 10.7. The lowest BCUT2D eigenvalue weighted by Crippen LogP contribution is -2.02. The molecule has 5 heteroatoms. The van der Waals surface area contributed by atoms with Gasteiger partial charge in [-0.05, 0) is 36.2 Å². The Labute approximate surface area is 117 Å². The lowest BCUT2D eigenvalue weighted by Gasteiger charge is -2.07. The Morgan fingerprint density at radius 1 is 1.10 bits per heavy atom. The summed E-state index contributed by atoms with van der Waals surface area (Å²) in [5, 5.41) is 10.7. The smallest absolute Gasteiger partial charge is 0.269 e. The van der Waals surface area contributed by atoms with E-state index in [0.717, 1.165) is 23.3 Å². The van der Waals surface area contributed by atoms with E-state index < -0.39 is 4.92 Å². The molecule has 0 saturated heterocycles. The highest BCUT2D eigenvalue weighted by molar-refractivity contribution is 5.34. The highest BCUT2D eigenvalue weighted by Crippen LogP contribution is 2.17. The third-order valence-electron chi connectivity index (χ3n) is 2.88. The van der Waals surface area contributed by atoms with Crippen LogP contribution >= 0.6 is 0 Å². The summed E-state index contributed by atoms with van der Waals surface area (Å²) in [6.45, 7) is 0.922. The molecule has 0 fully saturated rings. The Morgan fingerprint density at radius 2 is 1.85 bits per heavy atom. The van der Waals surface area contributed by atoms with Gasteiger partial charge in [-0.2, -0.15) is 0 Å². The van der Waals surface area contributed by atoms with Crippen LogP contribution in [0.2, 0.25) is 0 Å². The number of rotatable bonds is 6. The van der Waals surface area contributed by atoms with Gasteiger partial charge < -0.3 is 10.5 Å². The first-order valence-electron chi connectivity index (χ1n) is 6.34. The van der Waals surface area contributed by atoms with Crippen LogP contribution in [-0.4, -0.2) is 11.5 Å². The van der Waals surface area contributed by atoms with E-state index in [4.69, 9.17) is 10.5 Å². The van der Waals surface area contributed by atoms with E-state index in [9.17, 15) is 10.1 Å². The zero-order chi connectivity index (χ0) is 14.4. The highest BCUT2D eigenvalue weighted by Gasteiger charge is 2.05. The normalized spacial score (nSPS) is 10.2. The molecule has 2 aromatic carbocycles. The first kappa shape index (κ1) is 14.0. The molecular weight excluding hydrogens is 256 g/mol. The number of hydrogen-bond acceptors (Lipinski definition) is 4. The maximum Gasteiger partial charge on any atom is 0.269 e. The largest absolute Gasteiger partial charge is 0.489 e. The number of non-ortho nitro benzene ring substituents is 1. The van der Waals surface area contributed by atoms with Crippen LogP contribution in [0, 0.1) is 10.1 Å². The Bertz CT molecular complexity index is 582. The number of benzene rings is 2. The molecule has 5 nitrogen and oxygen atoms in total.